The number of rotatable bonds is 4. The van der Waals surface area contributed by atoms with Gasteiger partial charge < -0.3 is 4.74 Å². The largest absolute Gasteiger partial charge is 0.456 e. The second-order valence-electron chi connectivity index (χ2n) is 3.95. The van der Waals surface area contributed by atoms with Gasteiger partial charge in [0.15, 0.2) is 0 Å². The maximum Gasteiger partial charge on any atom is 0.384 e. The van der Waals surface area contributed by atoms with Gasteiger partial charge in [-0.15, -0.1) is 11.3 Å². The predicted octanol–water partition coefficient (Wildman–Crippen LogP) is 2.69. The fraction of sp³-hybridized carbons (Fsp3) is 0.429. The molecule has 96 valence electrons. The highest BCUT2D eigenvalue weighted by atomic mass is 32.1. The van der Waals surface area contributed by atoms with Crippen LogP contribution in [0.4, 0.5) is 0 Å². The molecule has 0 aliphatic carbocycles. The van der Waals surface area contributed by atoms with Crippen LogP contribution in [0.3, 0.4) is 0 Å². The summed E-state index contributed by atoms with van der Waals surface area (Å²) in [5.74, 6) is 3.75. The minimum absolute atomic E-state index is 0.132. The Morgan fingerprint density at radius 3 is 2.67 bits per heavy atom. The zero-order chi connectivity index (χ0) is 13.5. The van der Waals surface area contributed by atoms with Gasteiger partial charge in [0.2, 0.25) is 5.78 Å². The first kappa shape index (κ1) is 14.5. The molecule has 0 radical (unpaired) electrons. The van der Waals surface area contributed by atoms with E-state index < -0.39 is 5.97 Å². The third-order valence-electron chi connectivity index (χ3n) is 2.32. The van der Waals surface area contributed by atoms with Crippen molar-refractivity contribution in [2.45, 2.75) is 33.1 Å². The third kappa shape index (κ3) is 4.72. The second-order valence-corrected chi connectivity index (χ2v) is 5.27. The minimum atomic E-state index is -0.648. The predicted molar refractivity (Wildman–Crippen MR) is 71.5 cm³/mol. The van der Waals surface area contributed by atoms with Crippen LogP contribution in [0.25, 0.3) is 0 Å². The highest BCUT2D eigenvalue weighted by Crippen LogP contribution is 2.26. The van der Waals surface area contributed by atoms with Gasteiger partial charge in [-0.2, -0.15) is 0 Å². The second kappa shape index (κ2) is 6.97. The molecule has 0 amide bonds. The van der Waals surface area contributed by atoms with Crippen molar-refractivity contribution in [2.24, 2.45) is 0 Å². The van der Waals surface area contributed by atoms with E-state index in [0.717, 1.165) is 0 Å². The Morgan fingerprint density at radius 2 is 2.11 bits per heavy atom. The number of esters is 1. The first-order chi connectivity index (χ1) is 8.52. The molecule has 1 aromatic heterocycles. The maximum absolute atomic E-state index is 11.6. The van der Waals surface area contributed by atoms with Gasteiger partial charge in [-0.3, -0.25) is 4.79 Å². The zero-order valence-electron chi connectivity index (χ0n) is 10.8. The summed E-state index contributed by atoms with van der Waals surface area (Å²) in [4.78, 5) is 24.9. The lowest BCUT2D eigenvalue weighted by molar-refractivity contribution is -0.136. The van der Waals surface area contributed by atoms with Crippen LogP contribution < -0.4 is 0 Å². The van der Waals surface area contributed by atoms with Crippen molar-refractivity contribution in [1.82, 2.24) is 0 Å². The molecular formula is C14H16O3S. The van der Waals surface area contributed by atoms with Crippen molar-refractivity contribution in [1.29, 1.82) is 0 Å². The molecule has 0 aromatic carbocycles. The van der Waals surface area contributed by atoms with Crippen LogP contribution in [0.2, 0.25) is 0 Å². The van der Waals surface area contributed by atoms with Crippen LogP contribution in [-0.2, 0) is 14.3 Å². The molecule has 1 heterocycles. The number of hydrogen-bond acceptors (Lipinski definition) is 4. The number of carbonyl (C=O) groups is 2. The number of Topliss-reactive ketones (excluding diaryl/α,β-unsaturated/α-hetero) is 1. The van der Waals surface area contributed by atoms with E-state index in [4.69, 9.17) is 0 Å². The van der Waals surface area contributed by atoms with Gasteiger partial charge >= 0.3 is 5.97 Å². The molecular weight excluding hydrogens is 248 g/mol. The van der Waals surface area contributed by atoms with E-state index in [-0.39, 0.29) is 18.3 Å². The molecule has 1 unspecified atom stereocenters. The summed E-state index contributed by atoms with van der Waals surface area (Å²) in [6.45, 7) is 5.98. The van der Waals surface area contributed by atoms with Crippen LogP contribution in [0.5, 0.6) is 0 Å². The summed E-state index contributed by atoms with van der Waals surface area (Å²) in [7, 11) is 0. The quantitative estimate of drug-likeness (QED) is 0.363. The van der Waals surface area contributed by atoms with E-state index in [9.17, 15) is 9.59 Å². The van der Waals surface area contributed by atoms with Crippen molar-refractivity contribution in [3.8, 4) is 11.8 Å². The van der Waals surface area contributed by atoms with E-state index in [1.54, 1.807) is 18.3 Å². The van der Waals surface area contributed by atoms with Gasteiger partial charge in [0.1, 0.15) is 0 Å². The van der Waals surface area contributed by atoms with Crippen LogP contribution in [0.15, 0.2) is 12.1 Å². The van der Waals surface area contributed by atoms with E-state index in [1.807, 2.05) is 26.0 Å². The van der Waals surface area contributed by atoms with Gasteiger partial charge in [0.05, 0.1) is 6.61 Å². The molecule has 0 N–H and O–H groups in total. The fourth-order valence-corrected chi connectivity index (χ4v) is 2.36. The summed E-state index contributed by atoms with van der Waals surface area (Å²) in [5, 5.41) is 0. The van der Waals surface area contributed by atoms with Crippen LogP contribution >= 0.6 is 11.3 Å². The number of hydrogen-bond donors (Lipinski definition) is 0. The lowest BCUT2D eigenvalue weighted by Crippen LogP contribution is -2.04. The van der Waals surface area contributed by atoms with Crippen molar-refractivity contribution in [3.05, 3.63) is 21.9 Å². The first-order valence-corrected chi connectivity index (χ1v) is 6.62. The smallest absolute Gasteiger partial charge is 0.384 e. The molecule has 1 aromatic rings. The summed E-state index contributed by atoms with van der Waals surface area (Å²) in [6, 6.07) is 4.06. The molecule has 0 saturated heterocycles. The Kier molecular flexibility index (Phi) is 5.60. The number of thiophene rings is 1. The summed E-state index contributed by atoms with van der Waals surface area (Å²) in [5.41, 5.74) is 0. The molecule has 0 aliphatic rings. The van der Waals surface area contributed by atoms with Gasteiger partial charge in [-0.25, -0.2) is 4.79 Å². The van der Waals surface area contributed by atoms with E-state index in [2.05, 4.69) is 16.6 Å². The molecule has 0 spiro atoms. The standard InChI is InChI=1S/C14H16O3S/c1-4-17-14(16)8-6-12(15)9-10(2)13-7-5-11(3)18-13/h5,7,10H,4,9H2,1-3H3. The van der Waals surface area contributed by atoms with Crippen molar-refractivity contribution < 1.29 is 14.3 Å². The van der Waals surface area contributed by atoms with Crippen molar-refractivity contribution >= 4 is 23.1 Å². The average Bonchev–Trinajstić information content (AvgIpc) is 2.74. The average molecular weight is 264 g/mol. The van der Waals surface area contributed by atoms with E-state index in [1.165, 1.54) is 9.75 Å². The summed E-state index contributed by atoms with van der Waals surface area (Å²) < 4.78 is 4.62. The number of ether oxygens (including phenoxy) is 1. The Balaban J connectivity index is 2.52. The van der Waals surface area contributed by atoms with Gasteiger partial charge in [0.25, 0.3) is 0 Å². The molecule has 0 aliphatic heterocycles. The highest BCUT2D eigenvalue weighted by Gasteiger charge is 2.11. The molecule has 0 fully saturated rings. The maximum atomic E-state index is 11.6. The molecule has 1 rings (SSSR count). The lowest BCUT2D eigenvalue weighted by Gasteiger charge is -2.04. The molecule has 3 nitrogen and oxygen atoms in total. The van der Waals surface area contributed by atoms with Crippen molar-refractivity contribution in [2.75, 3.05) is 6.61 Å². The van der Waals surface area contributed by atoms with Crippen LogP contribution in [-0.4, -0.2) is 18.4 Å². The van der Waals surface area contributed by atoms with Gasteiger partial charge in [-0.1, -0.05) is 6.92 Å². The first-order valence-electron chi connectivity index (χ1n) is 5.80. The van der Waals surface area contributed by atoms with Crippen molar-refractivity contribution in [3.63, 3.8) is 0 Å². The zero-order valence-corrected chi connectivity index (χ0v) is 11.6. The Bertz CT molecular complexity index is 491. The summed E-state index contributed by atoms with van der Waals surface area (Å²) >= 11 is 1.68. The summed E-state index contributed by atoms with van der Waals surface area (Å²) in [6.07, 6.45) is 0.326. The Morgan fingerprint density at radius 1 is 1.39 bits per heavy atom. The SMILES string of the molecule is CCOC(=O)C#CC(=O)CC(C)c1ccc(C)s1. The highest BCUT2D eigenvalue weighted by molar-refractivity contribution is 7.12. The molecule has 18 heavy (non-hydrogen) atoms. The lowest BCUT2D eigenvalue weighted by atomic mass is 10.0. The van der Waals surface area contributed by atoms with Crippen LogP contribution in [0, 0.1) is 18.8 Å². The van der Waals surface area contributed by atoms with Gasteiger partial charge in [-0.05, 0) is 37.8 Å². The molecule has 1 atom stereocenters. The Labute approximate surface area is 111 Å². The van der Waals surface area contributed by atoms with Crippen LogP contribution in [0.1, 0.15) is 35.9 Å². The molecule has 0 bridgehead atoms. The molecule has 4 heteroatoms. The minimum Gasteiger partial charge on any atom is -0.456 e. The van der Waals surface area contributed by atoms with E-state index in [0.29, 0.717) is 6.42 Å². The normalized spacial score (nSPS) is 11.3. The molecule has 0 saturated carbocycles. The Hall–Kier alpha value is -1.60. The fourth-order valence-electron chi connectivity index (χ4n) is 1.44. The monoisotopic (exact) mass is 264 g/mol. The van der Waals surface area contributed by atoms with E-state index >= 15 is 0 Å². The topological polar surface area (TPSA) is 43.4 Å². The van der Waals surface area contributed by atoms with Gasteiger partial charge in [0, 0.05) is 22.1 Å². The third-order valence-corrected chi connectivity index (χ3v) is 3.55. The number of ketones is 1. The number of carbonyl (C=O) groups excluding carboxylic acids is 2. The number of aryl methyl sites for hydroxylation is 1.